The van der Waals surface area contributed by atoms with E-state index in [4.69, 9.17) is 4.42 Å². The van der Waals surface area contributed by atoms with E-state index in [1.807, 2.05) is 57.2 Å². The van der Waals surface area contributed by atoms with Crippen LogP contribution in [0.25, 0.3) is 10.8 Å². The molecule has 0 radical (unpaired) electrons. The molecule has 0 amide bonds. The van der Waals surface area contributed by atoms with Gasteiger partial charge in [0, 0.05) is 11.4 Å². The van der Waals surface area contributed by atoms with Crippen LogP contribution in [0.1, 0.15) is 31.4 Å². The van der Waals surface area contributed by atoms with Crippen molar-refractivity contribution < 1.29 is 4.42 Å². The third-order valence-corrected chi connectivity index (χ3v) is 3.93. The summed E-state index contributed by atoms with van der Waals surface area (Å²) < 4.78 is 7.15. The molecule has 0 unspecified atom stereocenters. The van der Waals surface area contributed by atoms with Crippen LogP contribution in [0.5, 0.6) is 0 Å². The van der Waals surface area contributed by atoms with Crippen molar-refractivity contribution in [2.45, 2.75) is 39.4 Å². The Balaban J connectivity index is 1.74. The standard InChI is InChI=1S/C18H21N3O2/c1-12(20-14(3)17-9-8-13(2)23-17)11-21-18(22)16-7-5-4-6-15(16)10-19-21/h4-10,12,14,20H,11H2,1-3H3/t12-,14+/m1/s1. The average molecular weight is 311 g/mol. The van der Waals surface area contributed by atoms with Gasteiger partial charge in [0.05, 0.1) is 24.2 Å². The predicted octanol–water partition coefficient (Wildman–Crippen LogP) is 3.04. The Morgan fingerprint density at radius 2 is 2.00 bits per heavy atom. The number of aryl methyl sites for hydroxylation is 1. The van der Waals surface area contributed by atoms with Gasteiger partial charge in [-0.2, -0.15) is 5.10 Å². The fourth-order valence-corrected chi connectivity index (χ4v) is 2.76. The Kier molecular flexibility index (Phi) is 4.30. The molecular formula is C18H21N3O2. The van der Waals surface area contributed by atoms with Crippen LogP contribution in [0.15, 0.2) is 51.8 Å². The van der Waals surface area contributed by atoms with E-state index in [0.717, 1.165) is 16.9 Å². The minimum atomic E-state index is -0.0572. The Morgan fingerprint density at radius 1 is 1.22 bits per heavy atom. The number of hydrogen-bond donors (Lipinski definition) is 1. The first-order valence-electron chi connectivity index (χ1n) is 7.82. The quantitative estimate of drug-likeness (QED) is 0.787. The first-order chi connectivity index (χ1) is 11.0. The Bertz CT molecular complexity index is 866. The topological polar surface area (TPSA) is 60.1 Å². The van der Waals surface area contributed by atoms with Gasteiger partial charge in [-0.15, -0.1) is 0 Å². The van der Waals surface area contributed by atoms with Crippen LogP contribution in [0.2, 0.25) is 0 Å². The highest BCUT2D eigenvalue weighted by atomic mass is 16.3. The fraction of sp³-hybridized carbons (Fsp3) is 0.333. The van der Waals surface area contributed by atoms with Gasteiger partial charge in [0.1, 0.15) is 11.5 Å². The average Bonchev–Trinajstić information content (AvgIpc) is 2.97. The van der Waals surface area contributed by atoms with Gasteiger partial charge in [-0.05, 0) is 39.0 Å². The van der Waals surface area contributed by atoms with Crippen LogP contribution >= 0.6 is 0 Å². The highest BCUT2D eigenvalue weighted by Crippen LogP contribution is 2.16. The van der Waals surface area contributed by atoms with Gasteiger partial charge in [0.25, 0.3) is 5.56 Å². The van der Waals surface area contributed by atoms with Crippen molar-refractivity contribution in [3.8, 4) is 0 Å². The molecule has 3 aromatic rings. The van der Waals surface area contributed by atoms with Crippen LogP contribution in [-0.2, 0) is 6.54 Å². The number of nitrogens with zero attached hydrogens (tertiary/aromatic N) is 2. The van der Waals surface area contributed by atoms with Crippen LogP contribution in [0.3, 0.4) is 0 Å². The lowest BCUT2D eigenvalue weighted by molar-refractivity contribution is 0.359. The maximum atomic E-state index is 12.5. The van der Waals surface area contributed by atoms with E-state index >= 15 is 0 Å². The summed E-state index contributed by atoms with van der Waals surface area (Å²) in [6.07, 6.45) is 1.74. The molecule has 3 rings (SSSR count). The summed E-state index contributed by atoms with van der Waals surface area (Å²) in [6.45, 7) is 6.52. The minimum Gasteiger partial charge on any atom is -0.465 e. The van der Waals surface area contributed by atoms with Gasteiger partial charge in [0.2, 0.25) is 0 Å². The molecule has 0 aliphatic carbocycles. The summed E-state index contributed by atoms with van der Waals surface area (Å²) in [6, 6.07) is 11.6. The molecule has 0 saturated heterocycles. The Morgan fingerprint density at radius 3 is 2.74 bits per heavy atom. The predicted molar refractivity (Wildman–Crippen MR) is 90.5 cm³/mol. The third-order valence-electron chi connectivity index (χ3n) is 3.93. The Hall–Kier alpha value is -2.40. The molecule has 1 aromatic carbocycles. The van der Waals surface area contributed by atoms with E-state index in [0.29, 0.717) is 11.9 Å². The van der Waals surface area contributed by atoms with Crippen molar-refractivity contribution in [2.75, 3.05) is 0 Å². The van der Waals surface area contributed by atoms with Crippen molar-refractivity contribution in [1.29, 1.82) is 0 Å². The van der Waals surface area contributed by atoms with Crippen LogP contribution in [0, 0.1) is 6.92 Å². The van der Waals surface area contributed by atoms with Gasteiger partial charge in [-0.25, -0.2) is 4.68 Å². The zero-order valence-corrected chi connectivity index (χ0v) is 13.6. The van der Waals surface area contributed by atoms with Gasteiger partial charge >= 0.3 is 0 Å². The van der Waals surface area contributed by atoms with Gasteiger partial charge < -0.3 is 9.73 Å². The summed E-state index contributed by atoms with van der Waals surface area (Å²) in [5, 5.41) is 9.28. The van der Waals surface area contributed by atoms with Crippen LogP contribution < -0.4 is 10.9 Å². The van der Waals surface area contributed by atoms with E-state index < -0.39 is 0 Å². The van der Waals surface area contributed by atoms with E-state index in [2.05, 4.69) is 10.4 Å². The number of hydrogen-bond acceptors (Lipinski definition) is 4. The second kappa shape index (κ2) is 6.38. The monoisotopic (exact) mass is 311 g/mol. The summed E-state index contributed by atoms with van der Waals surface area (Å²) in [4.78, 5) is 12.5. The normalized spacial score (nSPS) is 14.0. The SMILES string of the molecule is Cc1ccc([C@H](C)N[C@H](C)Cn2ncc3ccccc3c2=O)o1. The Labute approximate surface area is 134 Å². The molecule has 2 heterocycles. The summed E-state index contributed by atoms with van der Waals surface area (Å²) >= 11 is 0. The molecule has 2 aromatic heterocycles. The summed E-state index contributed by atoms with van der Waals surface area (Å²) in [5.41, 5.74) is -0.0572. The van der Waals surface area contributed by atoms with Crippen molar-refractivity contribution in [3.63, 3.8) is 0 Å². The second-order valence-corrected chi connectivity index (χ2v) is 5.96. The molecule has 0 bridgehead atoms. The van der Waals surface area contributed by atoms with Crippen LogP contribution in [-0.4, -0.2) is 15.8 Å². The van der Waals surface area contributed by atoms with E-state index in [1.54, 1.807) is 6.20 Å². The molecule has 5 heteroatoms. The van der Waals surface area contributed by atoms with E-state index in [-0.39, 0.29) is 17.6 Å². The highest BCUT2D eigenvalue weighted by molar-refractivity contribution is 5.80. The first kappa shape index (κ1) is 15.5. The zero-order chi connectivity index (χ0) is 16.4. The lowest BCUT2D eigenvalue weighted by atomic mass is 10.2. The van der Waals surface area contributed by atoms with Crippen molar-refractivity contribution in [3.05, 3.63) is 64.5 Å². The summed E-state index contributed by atoms with van der Waals surface area (Å²) in [7, 11) is 0. The minimum absolute atomic E-state index is 0.0572. The largest absolute Gasteiger partial charge is 0.465 e. The van der Waals surface area contributed by atoms with Gasteiger partial charge in [-0.1, -0.05) is 18.2 Å². The van der Waals surface area contributed by atoms with Crippen molar-refractivity contribution in [2.24, 2.45) is 0 Å². The third kappa shape index (κ3) is 3.35. The zero-order valence-electron chi connectivity index (χ0n) is 13.6. The van der Waals surface area contributed by atoms with Gasteiger partial charge in [-0.3, -0.25) is 4.79 Å². The molecule has 120 valence electrons. The number of rotatable bonds is 5. The number of fused-ring (bicyclic) bond motifs is 1. The van der Waals surface area contributed by atoms with Crippen molar-refractivity contribution >= 4 is 10.8 Å². The van der Waals surface area contributed by atoms with Crippen molar-refractivity contribution in [1.82, 2.24) is 15.1 Å². The fourth-order valence-electron chi connectivity index (χ4n) is 2.76. The molecule has 0 spiro atoms. The number of benzene rings is 1. The van der Waals surface area contributed by atoms with E-state index in [9.17, 15) is 4.79 Å². The maximum Gasteiger partial charge on any atom is 0.274 e. The first-order valence-corrected chi connectivity index (χ1v) is 7.82. The smallest absolute Gasteiger partial charge is 0.274 e. The molecule has 0 aliphatic heterocycles. The molecule has 1 N–H and O–H groups in total. The molecule has 0 fully saturated rings. The number of aromatic nitrogens is 2. The molecule has 0 saturated carbocycles. The molecule has 5 nitrogen and oxygen atoms in total. The molecule has 0 aliphatic rings. The lowest BCUT2D eigenvalue weighted by Crippen LogP contribution is -2.36. The maximum absolute atomic E-state index is 12.5. The molecular weight excluding hydrogens is 290 g/mol. The number of nitrogens with one attached hydrogen (secondary N) is 1. The highest BCUT2D eigenvalue weighted by Gasteiger charge is 2.14. The number of furan rings is 1. The lowest BCUT2D eigenvalue weighted by Gasteiger charge is -2.19. The van der Waals surface area contributed by atoms with Crippen LogP contribution in [0.4, 0.5) is 0 Å². The van der Waals surface area contributed by atoms with Gasteiger partial charge in [0.15, 0.2) is 0 Å². The molecule has 23 heavy (non-hydrogen) atoms. The second-order valence-electron chi connectivity index (χ2n) is 5.96. The van der Waals surface area contributed by atoms with E-state index in [1.165, 1.54) is 4.68 Å². The summed E-state index contributed by atoms with van der Waals surface area (Å²) in [5.74, 6) is 1.79. The molecule has 2 atom stereocenters.